The first-order chi connectivity index (χ1) is 8.08. The summed E-state index contributed by atoms with van der Waals surface area (Å²) >= 11 is 0. The number of nitrogens with zero attached hydrogens (tertiary/aromatic N) is 2. The van der Waals surface area contributed by atoms with E-state index >= 15 is 0 Å². The number of pyridine rings is 1. The Bertz CT molecular complexity index is 383. The topological polar surface area (TPSA) is 94.1 Å². The summed E-state index contributed by atoms with van der Waals surface area (Å²) in [7, 11) is 0. The van der Waals surface area contributed by atoms with Gasteiger partial charge < -0.3 is 21.2 Å². The zero-order valence-corrected chi connectivity index (χ0v) is 10.1. The van der Waals surface area contributed by atoms with Gasteiger partial charge in [0.15, 0.2) is 0 Å². The first-order valence-corrected chi connectivity index (χ1v) is 5.66. The van der Waals surface area contributed by atoms with Crippen LogP contribution in [-0.2, 0) is 0 Å². The van der Waals surface area contributed by atoms with Crippen LogP contribution in [0.5, 0.6) is 0 Å². The van der Waals surface area contributed by atoms with E-state index in [1.807, 2.05) is 13.8 Å². The summed E-state index contributed by atoms with van der Waals surface area (Å²) in [6.07, 6.45) is 3.00. The van der Waals surface area contributed by atoms with E-state index in [2.05, 4.69) is 10.3 Å². The highest BCUT2D eigenvalue weighted by molar-refractivity contribution is 5.58. The Morgan fingerprint density at radius 3 is 2.65 bits per heavy atom. The Labute approximate surface area is 100 Å². The van der Waals surface area contributed by atoms with Crippen LogP contribution in [0.3, 0.4) is 0 Å². The molecular weight excluding hydrogens is 220 g/mol. The van der Waals surface area contributed by atoms with E-state index in [1.165, 1.54) is 6.20 Å². The molecular formula is C11H18N4O2. The SMILES string of the molecule is CCC(CC)(CN)Nc1cccnc1[N+](=O)[O-]. The summed E-state index contributed by atoms with van der Waals surface area (Å²) in [5.74, 6) is -0.160. The Hall–Kier alpha value is -1.69. The largest absolute Gasteiger partial charge is 0.386 e. The smallest absolute Gasteiger partial charge is 0.371 e. The van der Waals surface area contributed by atoms with E-state index in [0.717, 1.165) is 12.8 Å². The minimum atomic E-state index is -0.491. The van der Waals surface area contributed by atoms with Crippen molar-refractivity contribution in [2.45, 2.75) is 32.2 Å². The highest BCUT2D eigenvalue weighted by Crippen LogP contribution is 2.27. The van der Waals surface area contributed by atoms with Crippen molar-refractivity contribution in [2.75, 3.05) is 11.9 Å². The van der Waals surface area contributed by atoms with Gasteiger partial charge in [-0.25, -0.2) is 0 Å². The average Bonchev–Trinajstić information content (AvgIpc) is 2.36. The molecule has 0 fully saturated rings. The van der Waals surface area contributed by atoms with Crippen molar-refractivity contribution in [2.24, 2.45) is 5.73 Å². The van der Waals surface area contributed by atoms with Crippen LogP contribution >= 0.6 is 0 Å². The summed E-state index contributed by atoms with van der Waals surface area (Å²) in [4.78, 5) is 14.1. The van der Waals surface area contributed by atoms with Crippen molar-refractivity contribution in [3.63, 3.8) is 0 Å². The zero-order chi connectivity index (χ0) is 12.9. The predicted octanol–water partition coefficient (Wildman–Crippen LogP) is 1.92. The molecule has 3 N–H and O–H groups in total. The van der Waals surface area contributed by atoms with Crippen LogP contribution in [0.15, 0.2) is 18.3 Å². The minimum absolute atomic E-state index is 0.160. The van der Waals surface area contributed by atoms with Crippen LogP contribution in [0.2, 0.25) is 0 Å². The van der Waals surface area contributed by atoms with E-state index in [0.29, 0.717) is 12.2 Å². The van der Waals surface area contributed by atoms with E-state index in [1.54, 1.807) is 12.1 Å². The van der Waals surface area contributed by atoms with E-state index in [4.69, 9.17) is 5.73 Å². The molecule has 0 saturated carbocycles. The third kappa shape index (κ3) is 2.91. The number of nitrogens with two attached hydrogens (primary N) is 1. The maximum atomic E-state index is 10.8. The summed E-state index contributed by atoms with van der Waals surface area (Å²) < 4.78 is 0. The van der Waals surface area contributed by atoms with Gasteiger partial charge in [-0.2, -0.15) is 0 Å². The van der Waals surface area contributed by atoms with Crippen LogP contribution in [-0.4, -0.2) is 22.0 Å². The second-order valence-corrected chi connectivity index (χ2v) is 3.95. The molecule has 0 radical (unpaired) electrons. The van der Waals surface area contributed by atoms with Gasteiger partial charge in [0.1, 0.15) is 11.9 Å². The van der Waals surface area contributed by atoms with Crippen LogP contribution in [0, 0.1) is 10.1 Å². The number of rotatable bonds is 6. The third-order valence-corrected chi connectivity index (χ3v) is 3.10. The molecule has 0 atom stereocenters. The molecule has 0 aliphatic carbocycles. The monoisotopic (exact) mass is 238 g/mol. The van der Waals surface area contributed by atoms with Gasteiger partial charge in [-0.1, -0.05) is 13.8 Å². The Balaban J connectivity index is 3.05. The van der Waals surface area contributed by atoms with Crippen LogP contribution in [0.25, 0.3) is 0 Å². The molecule has 17 heavy (non-hydrogen) atoms. The van der Waals surface area contributed by atoms with E-state index in [9.17, 15) is 10.1 Å². The van der Waals surface area contributed by atoms with E-state index < -0.39 is 4.92 Å². The van der Waals surface area contributed by atoms with Crippen molar-refractivity contribution in [3.8, 4) is 0 Å². The van der Waals surface area contributed by atoms with Crippen molar-refractivity contribution < 1.29 is 4.92 Å². The summed E-state index contributed by atoms with van der Waals surface area (Å²) in [5.41, 5.74) is 5.86. The van der Waals surface area contributed by atoms with Crippen molar-refractivity contribution in [1.29, 1.82) is 0 Å². The predicted molar refractivity (Wildman–Crippen MR) is 66.9 cm³/mol. The first-order valence-electron chi connectivity index (χ1n) is 5.66. The van der Waals surface area contributed by atoms with Gasteiger partial charge in [0.25, 0.3) is 0 Å². The fourth-order valence-corrected chi connectivity index (χ4v) is 1.69. The molecule has 0 aliphatic heterocycles. The lowest BCUT2D eigenvalue weighted by Gasteiger charge is -2.32. The standard InChI is InChI=1S/C11H18N4O2/c1-3-11(4-2,8-12)14-9-6-5-7-13-10(9)15(16)17/h5-7,14H,3-4,8,12H2,1-2H3. The molecule has 0 saturated heterocycles. The Morgan fingerprint density at radius 2 is 2.18 bits per heavy atom. The molecule has 94 valence electrons. The second-order valence-electron chi connectivity index (χ2n) is 3.95. The summed E-state index contributed by atoms with van der Waals surface area (Å²) in [6.45, 7) is 4.43. The Morgan fingerprint density at radius 1 is 1.53 bits per heavy atom. The first kappa shape index (κ1) is 13.4. The minimum Gasteiger partial charge on any atom is -0.371 e. The van der Waals surface area contributed by atoms with Crippen molar-refractivity contribution in [1.82, 2.24) is 4.98 Å². The number of nitrogens with one attached hydrogen (secondary N) is 1. The quantitative estimate of drug-likeness (QED) is 0.583. The fourth-order valence-electron chi connectivity index (χ4n) is 1.69. The lowest BCUT2D eigenvalue weighted by atomic mass is 9.92. The third-order valence-electron chi connectivity index (χ3n) is 3.10. The molecule has 6 nitrogen and oxygen atoms in total. The molecule has 1 heterocycles. The molecule has 0 amide bonds. The molecule has 1 rings (SSSR count). The molecule has 6 heteroatoms. The van der Waals surface area contributed by atoms with Crippen molar-refractivity contribution in [3.05, 3.63) is 28.4 Å². The average molecular weight is 238 g/mol. The van der Waals surface area contributed by atoms with Crippen molar-refractivity contribution >= 4 is 11.5 Å². The maximum Gasteiger partial charge on any atom is 0.386 e. The van der Waals surface area contributed by atoms with Crippen LogP contribution < -0.4 is 11.1 Å². The van der Waals surface area contributed by atoms with Gasteiger partial charge in [0, 0.05) is 12.1 Å². The maximum absolute atomic E-state index is 10.8. The lowest BCUT2D eigenvalue weighted by Crippen LogP contribution is -2.44. The molecule has 0 bridgehead atoms. The highest BCUT2D eigenvalue weighted by atomic mass is 16.6. The van der Waals surface area contributed by atoms with Gasteiger partial charge in [-0.3, -0.25) is 0 Å². The fraction of sp³-hybridized carbons (Fsp3) is 0.545. The number of hydrogen-bond acceptors (Lipinski definition) is 5. The van der Waals surface area contributed by atoms with Gasteiger partial charge in [0.05, 0.1) is 0 Å². The number of anilines is 1. The number of hydrogen-bond donors (Lipinski definition) is 2. The Kier molecular flexibility index (Phi) is 4.39. The normalized spacial score (nSPS) is 11.2. The van der Waals surface area contributed by atoms with Gasteiger partial charge in [0.2, 0.25) is 0 Å². The molecule has 0 aliphatic rings. The molecule has 1 aromatic rings. The van der Waals surface area contributed by atoms with Crippen LogP contribution in [0.1, 0.15) is 26.7 Å². The number of aromatic nitrogens is 1. The lowest BCUT2D eigenvalue weighted by molar-refractivity contribution is -0.388. The van der Waals surface area contributed by atoms with Crippen LogP contribution in [0.4, 0.5) is 11.5 Å². The zero-order valence-electron chi connectivity index (χ0n) is 10.1. The summed E-state index contributed by atoms with van der Waals surface area (Å²) in [6, 6.07) is 3.32. The molecule has 0 aromatic carbocycles. The van der Waals surface area contributed by atoms with E-state index in [-0.39, 0.29) is 11.4 Å². The van der Waals surface area contributed by atoms with Gasteiger partial charge in [-0.05, 0) is 34.9 Å². The molecule has 0 unspecified atom stereocenters. The van der Waals surface area contributed by atoms with Gasteiger partial charge in [-0.15, -0.1) is 0 Å². The number of nitro groups is 1. The summed E-state index contributed by atoms with van der Waals surface area (Å²) in [5, 5.41) is 14.0. The highest BCUT2D eigenvalue weighted by Gasteiger charge is 2.27. The molecule has 0 spiro atoms. The van der Waals surface area contributed by atoms with Gasteiger partial charge >= 0.3 is 5.82 Å². The molecule has 1 aromatic heterocycles. The second kappa shape index (κ2) is 5.58.